The molecule has 1 saturated heterocycles. The van der Waals surface area contributed by atoms with Gasteiger partial charge in [-0.2, -0.15) is 0 Å². The van der Waals surface area contributed by atoms with Crippen molar-refractivity contribution in [3.8, 4) is 0 Å². The normalized spacial score (nSPS) is 28.0. The van der Waals surface area contributed by atoms with Gasteiger partial charge in [0.1, 0.15) is 12.7 Å². The van der Waals surface area contributed by atoms with Crippen molar-refractivity contribution < 1.29 is 28.8 Å². The van der Waals surface area contributed by atoms with Crippen LogP contribution in [0.4, 0.5) is 4.79 Å². The Morgan fingerprint density at radius 2 is 1.50 bits per heavy atom. The van der Waals surface area contributed by atoms with Crippen LogP contribution in [0.3, 0.4) is 0 Å². The second kappa shape index (κ2) is 16.4. The van der Waals surface area contributed by atoms with Crippen LogP contribution >= 0.6 is 0 Å². The zero-order valence-electron chi connectivity index (χ0n) is 24.1. The van der Waals surface area contributed by atoms with Crippen LogP contribution in [0, 0.1) is 0 Å². The lowest BCUT2D eigenvalue weighted by atomic mass is 9.84. The Morgan fingerprint density at radius 3 is 2.11 bits per heavy atom. The van der Waals surface area contributed by atoms with Crippen molar-refractivity contribution in [3.63, 3.8) is 0 Å². The minimum atomic E-state index is -1.36. The van der Waals surface area contributed by atoms with Gasteiger partial charge in [0.2, 0.25) is 0 Å². The molecule has 0 aromatic heterocycles. The molecule has 8 atom stereocenters. The molecule has 16 nitrogen and oxygen atoms in total. The van der Waals surface area contributed by atoms with Crippen molar-refractivity contribution in [1.82, 2.24) is 4.90 Å². The molecular weight excluding hydrogens is 572 g/mol. The molecule has 2 fully saturated rings. The molecule has 232 valence electrons. The molecule has 4 rings (SSSR count). The molecule has 0 spiro atoms. The molecule has 0 radical (unpaired) electrons. The predicted octanol–water partition coefficient (Wildman–Crippen LogP) is 5.53. The minimum absolute atomic E-state index is 0.0504. The summed E-state index contributed by atoms with van der Waals surface area (Å²) in [5.74, 6) is 0. The molecular formula is C28H34N10O6. The van der Waals surface area contributed by atoms with Gasteiger partial charge in [-0.3, -0.25) is 0 Å². The fraction of sp³-hybridized carbons (Fsp3) is 0.536. The molecule has 2 aromatic carbocycles. The van der Waals surface area contributed by atoms with E-state index in [0.29, 0.717) is 12.8 Å². The fourth-order valence-electron chi connectivity index (χ4n) is 5.48. The average Bonchev–Trinajstić information content (AvgIpc) is 3.04. The van der Waals surface area contributed by atoms with Crippen molar-refractivity contribution in [2.45, 2.75) is 81.2 Å². The number of nitrogens with zero attached hydrogens (tertiary/aromatic N) is 10. The first-order chi connectivity index (χ1) is 21.5. The van der Waals surface area contributed by atoms with Crippen LogP contribution in [0.5, 0.6) is 0 Å². The molecule has 0 bridgehead atoms. The van der Waals surface area contributed by atoms with Gasteiger partial charge in [-0.15, -0.1) is 0 Å². The van der Waals surface area contributed by atoms with Gasteiger partial charge in [-0.25, -0.2) is 4.79 Å². The van der Waals surface area contributed by atoms with Crippen LogP contribution in [-0.4, -0.2) is 78.6 Å². The number of aliphatic hydroxyl groups is 1. The topological polar surface area (TPSA) is 224 Å². The van der Waals surface area contributed by atoms with E-state index in [2.05, 4.69) is 30.1 Å². The summed E-state index contributed by atoms with van der Waals surface area (Å²) in [5.41, 5.74) is 29.1. The molecule has 44 heavy (non-hydrogen) atoms. The standard InChI is InChI=1S/C28H34N10O6/c1-41-25-22(33-36-30)14-23(34-37-31)26(24(25)39)44-27-21(32-35-29)13-12-20(43-27)16-38(15-18-8-4-2-5-9-18)28(40)42-17-19-10-6-3-7-11-19/h2-11,20-27,39H,12-17H2,1H3/t20-,21+,22+,23-,24+,25-,26+,27+/m0/s1. The maximum atomic E-state index is 13.3. The van der Waals surface area contributed by atoms with E-state index >= 15 is 0 Å². The quantitative estimate of drug-likeness (QED) is 0.185. The third kappa shape index (κ3) is 8.53. The first-order valence-electron chi connectivity index (χ1n) is 14.1. The Balaban J connectivity index is 1.52. The van der Waals surface area contributed by atoms with E-state index in [1.54, 1.807) is 0 Å². The second-order valence-electron chi connectivity index (χ2n) is 10.5. The summed E-state index contributed by atoms with van der Waals surface area (Å²) in [6.07, 6.45) is -4.81. The number of carbonyl (C=O) groups is 1. The highest BCUT2D eigenvalue weighted by Crippen LogP contribution is 2.33. The molecule has 16 heteroatoms. The third-order valence-electron chi connectivity index (χ3n) is 7.61. The molecule has 1 aliphatic carbocycles. The van der Waals surface area contributed by atoms with Crippen molar-refractivity contribution in [2.75, 3.05) is 13.7 Å². The molecule has 1 amide bonds. The highest BCUT2D eigenvalue weighted by molar-refractivity contribution is 5.67. The number of carbonyl (C=O) groups excluding carboxylic acids is 1. The van der Waals surface area contributed by atoms with Gasteiger partial charge in [0, 0.05) is 28.4 Å². The number of hydrogen-bond donors (Lipinski definition) is 1. The number of benzene rings is 2. The second-order valence-corrected chi connectivity index (χ2v) is 10.5. The summed E-state index contributed by atoms with van der Waals surface area (Å²) in [7, 11) is 1.35. The Labute approximate surface area is 253 Å². The van der Waals surface area contributed by atoms with Crippen molar-refractivity contribution in [3.05, 3.63) is 103 Å². The van der Waals surface area contributed by atoms with E-state index in [0.717, 1.165) is 11.1 Å². The molecule has 1 heterocycles. The maximum absolute atomic E-state index is 13.3. The lowest BCUT2D eigenvalue weighted by Gasteiger charge is -2.44. The molecule has 2 aromatic rings. The van der Waals surface area contributed by atoms with Crippen LogP contribution in [0.25, 0.3) is 31.3 Å². The van der Waals surface area contributed by atoms with Crippen LogP contribution in [0.15, 0.2) is 76.0 Å². The van der Waals surface area contributed by atoms with Gasteiger partial charge in [0.15, 0.2) is 6.29 Å². The predicted molar refractivity (Wildman–Crippen MR) is 156 cm³/mol. The SMILES string of the molecule is CO[C@@H]1[C@@H](O)[C@H](O[C@H]2O[C@H](CN(Cc3ccccc3)C(=O)OCc3ccccc3)CC[C@H]2N=[N+]=[N-])[C@@H](N=[N+]=[N-])C[C@H]1N=[N+]=[N-]. The smallest absolute Gasteiger partial charge is 0.410 e. The Bertz CT molecular complexity index is 1370. The zero-order valence-corrected chi connectivity index (χ0v) is 24.1. The lowest BCUT2D eigenvalue weighted by molar-refractivity contribution is -0.255. The van der Waals surface area contributed by atoms with E-state index in [9.17, 15) is 21.0 Å². The maximum Gasteiger partial charge on any atom is 0.410 e. The van der Waals surface area contributed by atoms with Gasteiger partial charge < -0.3 is 29.0 Å². The Kier molecular flexibility index (Phi) is 12.0. The summed E-state index contributed by atoms with van der Waals surface area (Å²) in [4.78, 5) is 23.4. The van der Waals surface area contributed by atoms with Gasteiger partial charge in [-0.1, -0.05) is 76.0 Å². The molecule has 1 saturated carbocycles. The van der Waals surface area contributed by atoms with Crippen molar-refractivity contribution >= 4 is 6.09 Å². The highest BCUT2D eigenvalue weighted by atomic mass is 16.7. The van der Waals surface area contributed by atoms with Crippen LogP contribution in [0.1, 0.15) is 30.4 Å². The monoisotopic (exact) mass is 606 g/mol. The summed E-state index contributed by atoms with van der Waals surface area (Å²) in [6.45, 7) is 0.493. The molecule has 0 unspecified atom stereocenters. The summed E-state index contributed by atoms with van der Waals surface area (Å²) in [6, 6.07) is 16.3. The highest BCUT2D eigenvalue weighted by Gasteiger charge is 2.47. The van der Waals surface area contributed by atoms with Crippen LogP contribution < -0.4 is 0 Å². The number of ether oxygens (including phenoxy) is 4. The molecule has 1 N–H and O–H groups in total. The number of azide groups is 3. The largest absolute Gasteiger partial charge is 0.445 e. The first kappa shape index (κ1) is 32.4. The Hall–Kier alpha value is -4.52. The number of aliphatic hydroxyl groups excluding tert-OH is 1. The third-order valence-corrected chi connectivity index (χ3v) is 7.61. The molecule has 2 aliphatic rings. The molecule has 1 aliphatic heterocycles. The Morgan fingerprint density at radius 1 is 0.909 bits per heavy atom. The minimum Gasteiger partial charge on any atom is -0.445 e. The van der Waals surface area contributed by atoms with E-state index in [1.807, 2.05) is 60.7 Å². The average molecular weight is 607 g/mol. The van der Waals surface area contributed by atoms with Gasteiger partial charge in [0.25, 0.3) is 0 Å². The van der Waals surface area contributed by atoms with E-state index < -0.39 is 54.9 Å². The summed E-state index contributed by atoms with van der Waals surface area (Å²) in [5, 5.41) is 22.4. The number of amides is 1. The first-order valence-corrected chi connectivity index (χ1v) is 14.1. The number of methoxy groups -OCH3 is 1. The number of rotatable bonds is 12. The van der Waals surface area contributed by atoms with E-state index in [-0.39, 0.29) is 26.1 Å². The van der Waals surface area contributed by atoms with Crippen LogP contribution in [0.2, 0.25) is 0 Å². The van der Waals surface area contributed by atoms with Gasteiger partial charge in [0.05, 0.1) is 43.0 Å². The number of hydrogen-bond acceptors (Lipinski definition) is 9. The van der Waals surface area contributed by atoms with Crippen molar-refractivity contribution in [1.29, 1.82) is 0 Å². The van der Waals surface area contributed by atoms with E-state index in [4.69, 9.17) is 24.5 Å². The van der Waals surface area contributed by atoms with Crippen LogP contribution in [-0.2, 0) is 32.1 Å². The fourth-order valence-corrected chi connectivity index (χ4v) is 5.48. The van der Waals surface area contributed by atoms with E-state index in [1.165, 1.54) is 12.0 Å². The summed E-state index contributed by atoms with van der Waals surface area (Å²) >= 11 is 0. The van der Waals surface area contributed by atoms with Crippen molar-refractivity contribution in [2.24, 2.45) is 15.3 Å². The lowest BCUT2D eigenvalue weighted by Crippen LogP contribution is -2.58. The summed E-state index contributed by atoms with van der Waals surface area (Å²) < 4.78 is 23.4. The zero-order chi connectivity index (χ0) is 31.3. The van der Waals surface area contributed by atoms with Gasteiger partial charge >= 0.3 is 6.09 Å². The van der Waals surface area contributed by atoms with Gasteiger partial charge in [-0.05, 0) is 47.0 Å².